The van der Waals surface area contributed by atoms with Crippen LogP contribution in [0.2, 0.25) is 0 Å². The number of carbonyl (C=O) groups is 2. The maximum absolute atomic E-state index is 13.9. The minimum absolute atomic E-state index is 0.141. The van der Waals surface area contributed by atoms with Crippen molar-refractivity contribution in [2.24, 2.45) is 11.7 Å². The van der Waals surface area contributed by atoms with Crippen molar-refractivity contribution in [3.05, 3.63) is 41.0 Å². The highest BCUT2D eigenvalue weighted by molar-refractivity contribution is 6.05. The first-order valence-corrected chi connectivity index (χ1v) is 9.73. The molecule has 7 nitrogen and oxygen atoms in total. The second-order valence-corrected chi connectivity index (χ2v) is 8.04. The third-order valence-corrected chi connectivity index (χ3v) is 5.61. The average molecular weight is 479 g/mol. The van der Waals surface area contributed by atoms with Crippen LogP contribution in [0.15, 0.2) is 18.3 Å². The highest BCUT2D eigenvalue weighted by Crippen LogP contribution is 2.56. The van der Waals surface area contributed by atoms with Crippen LogP contribution < -0.4 is 11.1 Å². The van der Waals surface area contributed by atoms with E-state index in [9.17, 15) is 40.3 Å². The maximum Gasteiger partial charge on any atom is 0.420 e. The highest BCUT2D eigenvalue weighted by atomic mass is 19.4. The fraction of sp³-hybridized carbons (Fsp3) is 0.474. The summed E-state index contributed by atoms with van der Waals surface area (Å²) in [6.45, 7) is -1.01. The van der Waals surface area contributed by atoms with Crippen LogP contribution >= 0.6 is 0 Å². The third kappa shape index (κ3) is 4.02. The second-order valence-electron chi connectivity index (χ2n) is 8.04. The summed E-state index contributed by atoms with van der Waals surface area (Å²) in [5.74, 6) is -13.7. The van der Waals surface area contributed by atoms with Crippen LogP contribution in [0.1, 0.15) is 57.4 Å². The van der Waals surface area contributed by atoms with Gasteiger partial charge in [-0.2, -0.15) is 35.8 Å². The molecule has 33 heavy (non-hydrogen) atoms. The summed E-state index contributed by atoms with van der Waals surface area (Å²) in [4.78, 5) is 27.8. The summed E-state index contributed by atoms with van der Waals surface area (Å²) in [6, 6.07) is 2.18. The molecule has 2 heterocycles. The van der Waals surface area contributed by atoms with Crippen molar-refractivity contribution in [3.8, 4) is 0 Å². The van der Waals surface area contributed by atoms with Crippen molar-refractivity contribution < 1.29 is 40.3 Å². The average Bonchev–Trinajstić information content (AvgIpc) is 3.47. The van der Waals surface area contributed by atoms with E-state index in [2.05, 4.69) is 15.4 Å². The summed E-state index contributed by atoms with van der Waals surface area (Å²) in [7, 11) is 0. The number of nitrogens with one attached hydrogen (secondary N) is 1. The fourth-order valence-electron chi connectivity index (χ4n) is 3.73. The number of hydrogen-bond donors (Lipinski definition) is 2. The summed E-state index contributed by atoms with van der Waals surface area (Å²) in [5.41, 5.74) is 1.69. The van der Waals surface area contributed by atoms with Gasteiger partial charge in [0, 0.05) is 24.2 Å². The van der Waals surface area contributed by atoms with Crippen LogP contribution in [0.25, 0.3) is 0 Å². The zero-order chi connectivity index (χ0) is 24.3. The highest BCUT2D eigenvalue weighted by Gasteiger charge is 2.71. The first kappa shape index (κ1) is 23.0. The standard InChI is InChI=1S/C19H16F7N5O2/c20-17(21)6-9(18(17,22)23)7-31-14(12(19(24,25)26)13(30-31)8-1-2-8)16(33)29-10-3-4-28-11(5-10)15(27)32/h3-5,8-9H,1-2,6-7H2,(H2,27,32)(H,28,29,33). The van der Waals surface area contributed by atoms with Crippen molar-refractivity contribution in [2.75, 3.05) is 5.32 Å². The maximum atomic E-state index is 13.9. The summed E-state index contributed by atoms with van der Waals surface area (Å²) >= 11 is 0. The van der Waals surface area contributed by atoms with E-state index in [4.69, 9.17) is 5.73 Å². The number of primary amides is 1. The zero-order valence-electron chi connectivity index (χ0n) is 16.6. The fourth-order valence-corrected chi connectivity index (χ4v) is 3.73. The van der Waals surface area contributed by atoms with E-state index in [0.717, 1.165) is 12.3 Å². The molecule has 2 fully saturated rings. The van der Waals surface area contributed by atoms with Crippen LogP contribution in [0, 0.1) is 5.92 Å². The van der Waals surface area contributed by atoms with Gasteiger partial charge in [-0.05, 0) is 25.0 Å². The van der Waals surface area contributed by atoms with Crippen molar-refractivity contribution in [3.63, 3.8) is 0 Å². The van der Waals surface area contributed by atoms with Gasteiger partial charge in [0.15, 0.2) is 0 Å². The first-order valence-electron chi connectivity index (χ1n) is 9.73. The van der Waals surface area contributed by atoms with Crippen LogP contribution in [0.5, 0.6) is 0 Å². The van der Waals surface area contributed by atoms with E-state index >= 15 is 0 Å². The van der Waals surface area contributed by atoms with E-state index in [-0.39, 0.29) is 11.4 Å². The molecule has 2 aliphatic rings. The number of carbonyl (C=O) groups excluding carboxylic acids is 2. The Bertz CT molecular complexity index is 1120. The lowest BCUT2D eigenvalue weighted by Gasteiger charge is -2.43. The van der Waals surface area contributed by atoms with Crippen LogP contribution in [0.3, 0.4) is 0 Å². The third-order valence-electron chi connectivity index (χ3n) is 5.61. The number of alkyl halides is 7. The van der Waals surface area contributed by atoms with Crippen molar-refractivity contribution in [2.45, 2.75) is 49.7 Å². The number of aromatic nitrogens is 3. The number of pyridine rings is 1. The quantitative estimate of drug-likeness (QED) is 0.615. The molecule has 178 valence electrons. The second kappa shape index (κ2) is 7.42. The molecule has 2 aliphatic carbocycles. The number of halogens is 7. The lowest BCUT2D eigenvalue weighted by atomic mass is 9.76. The van der Waals surface area contributed by atoms with E-state index in [1.807, 2.05) is 0 Å². The molecule has 4 rings (SSSR count). The SMILES string of the molecule is NC(=O)c1cc(NC(=O)c2c(C(F)(F)F)c(C3CC3)nn2CC2CC(F)(F)C2(F)F)ccn1. The molecule has 2 aromatic rings. The van der Waals surface area contributed by atoms with E-state index in [1.54, 1.807) is 0 Å². The molecule has 0 bridgehead atoms. The van der Waals surface area contributed by atoms with Crippen LogP contribution in [0.4, 0.5) is 36.4 Å². The van der Waals surface area contributed by atoms with Gasteiger partial charge in [0.05, 0.1) is 18.2 Å². The molecular weight excluding hydrogens is 463 g/mol. The lowest BCUT2D eigenvalue weighted by molar-refractivity contribution is -0.316. The molecule has 0 spiro atoms. The van der Waals surface area contributed by atoms with Gasteiger partial charge in [0.25, 0.3) is 11.8 Å². The zero-order valence-corrected chi connectivity index (χ0v) is 16.6. The number of amides is 2. The van der Waals surface area contributed by atoms with Gasteiger partial charge in [0.1, 0.15) is 17.0 Å². The molecule has 3 N–H and O–H groups in total. The number of anilines is 1. The van der Waals surface area contributed by atoms with Crippen LogP contribution in [-0.4, -0.2) is 38.4 Å². The first-order chi connectivity index (χ1) is 15.2. The monoisotopic (exact) mass is 479 g/mol. The Balaban J connectivity index is 1.74. The molecule has 2 saturated carbocycles. The molecule has 0 saturated heterocycles. The Kier molecular flexibility index (Phi) is 5.17. The van der Waals surface area contributed by atoms with Gasteiger partial charge in [-0.3, -0.25) is 19.3 Å². The molecule has 0 aromatic carbocycles. The number of nitrogens with zero attached hydrogens (tertiary/aromatic N) is 3. The summed E-state index contributed by atoms with van der Waals surface area (Å²) in [6.07, 6.45) is -4.54. The molecule has 1 unspecified atom stereocenters. The van der Waals surface area contributed by atoms with Crippen LogP contribution in [-0.2, 0) is 12.7 Å². The van der Waals surface area contributed by atoms with Crippen molar-refractivity contribution in [1.82, 2.24) is 14.8 Å². The normalized spacial score (nSPS) is 21.4. The Morgan fingerprint density at radius 1 is 1.21 bits per heavy atom. The lowest BCUT2D eigenvalue weighted by Crippen LogP contribution is -2.60. The van der Waals surface area contributed by atoms with Gasteiger partial charge < -0.3 is 11.1 Å². The molecule has 0 aliphatic heterocycles. The predicted octanol–water partition coefficient (Wildman–Crippen LogP) is 3.82. The van der Waals surface area contributed by atoms with Crippen molar-refractivity contribution >= 4 is 17.5 Å². The van der Waals surface area contributed by atoms with Gasteiger partial charge >= 0.3 is 18.0 Å². The van der Waals surface area contributed by atoms with E-state index in [1.165, 1.54) is 6.07 Å². The molecular formula is C19H16F7N5O2. The topological polar surface area (TPSA) is 103 Å². The van der Waals surface area contributed by atoms with Gasteiger partial charge in [-0.15, -0.1) is 0 Å². The predicted molar refractivity (Wildman–Crippen MR) is 97.9 cm³/mol. The smallest absolute Gasteiger partial charge is 0.364 e. The molecule has 0 radical (unpaired) electrons. The Morgan fingerprint density at radius 3 is 2.39 bits per heavy atom. The summed E-state index contributed by atoms with van der Waals surface area (Å²) in [5, 5.41) is 5.90. The minimum atomic E-state index is -5.06. The number of hydrogen-bond acceptors (Lipinski definition) is 4. The Hall–Kier alpha value is -3.19. The molecule has 2 amide bonds. The molecule has 14 heteroatoms. The van der Waals surface area contributed by atoms with E-state index in [0.29, 0.717) is 17.5 Å². The Labute approximate surface area is 181 Å². The minimum Gasteiger partial charge on any atom is -0.364 e. The number of nitrogens with two attached hydrogens (primary N) is 1. The molecule has 2 aromatic heterocycles. The Morgan fingerprint density at radius 2 is 1.88 bits per heavy atom. The van der Waals surface area contributed by atoms with Crippen molar-refractivity contribution in [1.29, 1.82) is 0 Å². The van der Waals surface area contributed by atoms with Gasteiger partial charge in [-0.1, -0.05) is 0 Å². The van der Waals surface area contributed by atoms with Gasteiger partial charge in [0.2, 0.25) is 0 Å². The van der Waals surface area contributed by atoms with E-state index < -0.39 is 71.6 Å². The number of rotatable bonds is 6. The molecule has 1 atom stereocenters. The summed E-state index contributed by atoms with van der Waals surface area (Å²) < 4.78 is 96.3. The largest absolute Gasteiger partial charge is 0.420 e. The van der Waals surface area contributed by atoms with Gasteiger partial charge in [-0.25, -0.2) is 0 Å².